The zero-order valence-electron chi connectivity index (χ0n) is 8.74. The van der Waals surface area contributed by atoms with E-state index in [9.17, 15) is 0 Å². The van der Waals surface area contributed by atoms with E-state index in [-0.39, 0.29) is 5.28 Å². The summed E-state index contributed by atoms with van der Waals surface area (Å²) in [7, 11) is 1.63. The van der Waals surface area contributed by atoms with Crippen LogP contribution in [-0.2, 0) is 0 Å². The first kappa shape index (κ1) is 10.5. The molecule has 1 aliphatic rings. The first-order valence-corrected chi connectivity index (χ1v) is 5.50. The number of ether oxygens (including phenoxy) is 1. The molecule has 1 aliphatic heterocycles. The van der Waals surface area contributed by atoms with Gasteiger partial charge < -0.3 is 9.64 Å². The maximum atomic E-state index is 5.79. The lowest BCUT2D eigenvalue weighted by Gasteiger charge is -2.28. The summed E-state index contributed by atoms with van der Waals surface area (Å²) in [6.45, 7) is 2.04. The van der Waals surface area contributed by atoms with Gasteiger partial charge in [0.25, 0.3) is 0 Å². The predicted octanol–water partition coefficient (Wildman–Crippen LogP) is 2.13. The minimum absolute atomic E-state index is 0.274. The molecule has 0 bridgehead atoms. The summed E-state index contributed by atoms with van der Waals surface area (Å²) < 4.78 is 5.23. The normalized spacial score (nSPS) is 16.5. The topological polar surface area (TPSA) is 38.3 Å². The molecule has 0 atom stereocenters. The van der Waals surface area contributed by atoms with Gasteiger partial charge in [0, 0.05) is 13.1 Å². The minimum Gasteiger partial charge on any atom is -0.491 e. The van der Waals surface area contributed by atoms with E-state index < -0.39 is 0 Å². The predicted molar refractivity (Wildman–Crippen MR) is 59.7 cm³/mol. The number of piperidine rings is 1. The van der Waals surface area contributed by atoms with Crippen molar-refractivity contribution in [3.63, 3.8) is 0 Å². The highest BCUT2D eigenvalue weighted by atomic mass is 35.5. The van der Waals surface area contributed by atoms with Gasteiger partial charge in [-0.1, -0.05) is 0 Å². The van der Waals surface area contributed by atoms with Crippen molar-refractivity contribution in [2.45, 2.75) is 19.3 Å². The Hall–Kier alpha value is -1.03. The number of aromatic nitrogens is 2. The van der Waals surface area contributed by atoms with Crippen LogP contribution in [0, 0.1) is 0 Å². The second kappa shape index (κ2) is 4.66. The quantitative estimate of drug-likeness (QED) is 0.726. The minimum atomic E-state index is 0.274. The van der Waals surface area contributed by atoms with Crippen molar-refractivity contribution in [1.29, 1.82) is 0 Å². The fourth-order valence-corrected chi connectivity index (χ4v) is 1.95. The van der Waals surface area contributed by atoms with Gasteiger partial charge in [0.1, 0.15) is 0 Å². The molecule has 0 spiro atoms. The maximum absolute atomic E-state index is 5.79. The molecule has 1 aromatic heterocycles. The highest BCUT2D eigenvalue weighted by Crippen LogP contribution is 2.28. The van der Waals surface area contributed by atoms with Crippen molar-refractivity contribution in [2.75, 3.05) is 25.1 Å². The summed E-state index contributed by atoms with van der Waals surface area (Å²) in [5.41, 5.74) is 0. The lowest BCUT2D eigenvalue weighted by Crippen LogP contribution is -2.30. The molecule has 5 heteroatoms. The molecular formula is C10H14ClN3O. The highest BCUT2D eigenvalue weighted by molar-refractivity contribution is 6.28. The van der Waals surface area contributed by atoms with Crippen molar-refractivity contribution < 1.29 is 4.74 Å². The Morgan fingerprint density at radius 2 is 2.07 bits per heavy atom. The molecule has 0 radical (unpaired) electrons. The number of rotatable bonds is 2. The number of halogens is 1. The Morgan fingerprint density at radius 1 is 1.33 bits per heavy atom. The van der Waals surface area contributed by atoms with E-state index in [2.05, 4.69) is 14.9 Å². The zero-order valence-corrected chi connectivity index (χ0v) is 9.50. The Labute approximate surface area is 94.2 Å². The standard InChI is InChI=1S/C10H14ClN3O/c1-15-8-7-12-10(11)13-9(8)14-5-3-2-4-6-14/h7H,2-6H2,1H3. The summed E-state index contributed by atoms with van der Waals surface area (Å²) in [5.74, 6) is 1.51. The average Bonchev–Trinajstić information content (AvgIpc) is 2.30. The van der Waals surface area contributed by atoms with Crippen LogP contribution in [0.15, 0.2) is 6.20 Å². The monoisotopic (exact) mass is 227 g/mol. The van der Waals surface area contributed by atoms with Gasteiger partial charge in [-0.2, -0.15) is 4.98 Å². The van der Waals surface area contributed by atoms with E-state index in [0.717, 1.165) is 18.9 Å². The van der Waals surface area contributed by atoms with Gasteiger partial charge in [0.2, 0.25) is 5.28 Å². The molecule has 15 heavy (non-hydrogen) atoms. The molecule has 82 valence electrons. The van der Waals surface area contributed by atoms with Crippen LogP contribution in [0.3, 0.4) is 0 Å². The van der Waals surface area contributed by atoms with E-state index in [4.69, 9.17) is 16.3 Å². The molecular weight excluding hydrogens is 214 g/mol. The van der Waals surface area contributed by atoms with Crippen LogP contribution in [0.5, 0.6) is 5.75 Å². The molecule has 0 unspecified atom stereocenters. The summed E-state index contributed by atoms with van der Waals surface area (Å²) in [5, 5.41) is 0.274. The maximum Gasteiger partial charge on any atom is 0.224 e. The molecule has 2 rings (SSSR count). The average molecular weight is 228 g/mol. The number of hydrogen-bond donors (Lipinski definition) is 0. The van der Waals surface area contributed by atoms with Crippen molar-refractivity contribution in [3.8, 4) is 5.75 Å². The first-order chi connectivity index (χ1) is 7.31. The van der Waals surface area contributed by atoms with Crippen LogP contribution in [0.2, 0.25) is 5.28 Å². The van der Waals surface area contributed by atoms with Crippen molar-refractivity contribution in [1.82, 2.24) is 9.97 Å². The van der Waals surface area contributed by atoms with Crippen LogP contribution in [0.1, 0.15) is 19.3 Å². The van der Waals surface area contributed by atoms with Gasteiger partial charge in [-0.15, -0.1) is 0 Å². The molecule has 0 N–H and O–H groups in total. The molecule has 0 aromatic carbocycles. The number of anilines is 1. The van der Waals surface area contributed by atoms with Crippen LogP contribution >= 0.6 is 11.6 Å². The fraction of sp³-hybridized carbons (Fsp3) is 0.600. The largest absolute Gasteiger partial charge is 0.491 e. The highest BCUT2D eigenvalue weighted by Gasteiger charge is 2.17. The lowest BCUT2D eigenvalue weighted by molar-refractivity contribution is 0.408. The second-order valence-corrected chi connectivity index (χ2v) is 3.92. The third-order valence-corrected chi connectivity index (χ3v) is 2.76. The van der Waals surface area contributed by atoms with E-state index in [0.29, 0.717) is 5.75 Å². The van der Waals surface area contributed by atoms with Gasteiger partial charge in [0.15, 0.2) is 11.6 Å². The molecule has 0 aliphatic carbocycles. The molecule has 2 heterocycles. The van der Waals surface area contributed by atoms with Crippen LogP contribution in [0.4, 0.5) is 5.82 Å². The number of methoxy groups -OCH3 is 1. The number of hydrogen-bond acceptors (Lipinski definition) is 4. The zero-order chi connectivity index (χ0) is 10.7. The summed E-state index contributed by atoms with van der Waals surface area (Å²) in [4.78, 5) is 10.3. The van der Waals surface area contributed by atoms with E-state index in [1.807, 2.05) is 0 Å². The Balaban J connectivity index is 2.27. The molecule has 0 amide bonds. The Kier molecular flexibility index (Phi) is 3.26. The summed E-state index contributed by atoms with van der Waals surface area (Å²) in [6, 6.07) is 0. The van der Waals surface area contributed by atoms with Gasteiger partial charge in [-0.05, 0) is 30.9 Å². The van der Waals surface area contributed by atoms with Gasteiger partial charge in [-0.3, -0.25) is 0 Å². The third-order valence-electron chi connectivity index (χ3n) is 2.58. The third kappa shape index (κ3) is 2.31. The van der Waals surface area contributed by atoms with Gasteiger partial charge in [0.05, 0.1) is 13.3 Å². The van der Waals surface area contributed by atoms with Crippen molar-refractivity contribution in [3.05, 3.63) is 11.5 Å². The summed E-state index contributed by atoms with van der Waals surface area (Å²) >= 11 is 5.79. The van der Waals surface area contributed by atoms with Crippen molar-refractivity contribution in [2.24, 2.45) is 0 Å². The fourth-order valence-electron chi connectivity index (χ4n) is 1.82. The smallest absolute Gasteiger partial charge is 0.224 e. The van der Waals surface area contributed by atoms with Gasteiger partial charge in [-0.25, -0.2) is 4.98 Å². The molecule has 1 fully saturated rings. The summed E-state index contributed by atoms with van der Waals surface area (Å²) in [6.07, 6.45) is 5.31. The molecule has 0 saturated carbocycles. The molecule has 1 aromatic rings. The van der Waals surface area contributed by atoms with Gasteiger partial charge >= 0.3 is 0 Å². The first-order valence-electron chi connectivity index (χ1n) is 5.13. The Bertz CT molecular complexity index is 339. The van der Waals surface area contributed by atoms with E-state index in [1.54, 1.807) is 13.3 Å². The number of nitrogens with zero attached hydrogens (tertiary/aromatic N) is 3. The Morgan fingerprint density at radius 3 is 2.73 bits per heavy atom. The van der Waals surface area contributed by atoms with Crippen LogP contribution < -0.4 is 9.64 Å². The molecule has 4 nitrogen and oxygen atoms in total. The van der Waals surface area contributed by atoms with Crippen LogP contribution in [-0.4, -0.2) is 30.2 Å². The molecule has 1 saturated heterocycles. The van der Waals surface area contributed by atoms with E-state index in [1.165, 1.54) is 19.3 Å². The van der Waals surface area contributed by atoms with Crippen molar-refractivity contribution >= 4 is 17.4 Å². The second-order valence-electron chi connectivity index (χ2n) is 3.58. The lowest BCUT2D eigenvalue weighted by atomic mass is 10.1. The van der Waals surface area contributed by atoms with Crippen LogP contribution in [0.25, 0.3) is 0 Å². The van der Waals surface area contributed by atoms with E-state index >= 15 is 0 Å². The SMILES string of the molecule is COc1cnc(Cl)nc1N1CCCCC1.